The largest absolute Gasteiger partial charge is 0.469 e. The molecule has 0 aromatic rings. The summed E-state index contributed by atoms with van der Waals surface area (Å²) in [6.45, 7) is 2.17. The first-order valence-corrected chi connectivity index (χ1v) is 10.2. The Morgan fingerprint density at radius 2 is 1.16 bits per heavy atom. The summed E-state index contributed by atoms with van der Waals surface area (Å²) in [5, 5.41) is 0.205. The van der Waals surface area contributed by atoms with Crippen molar-refractivity contribution in [3.8, 4) is 0 Å². The van der Waals surface area contributed by atoms with E-state index < -0.39 is 0 Å². The standard InChI is InChI=1S/C20H37ClO4/c1-17(13-12-16-20(23)25-3)18(21)14-10-8-6-4-5-7-9-11-15-19(22)24-2/h17-18H,4-16H2,1-3H3. The van der Waals surface area contributed by atoms with Crippen LogP contribution in [-0.4, -0.2) is 31.5 Å². The normalized spacial score (nSPS) is 13.3. The Morgan fingerprint density at radius 1 is 0.720 bits per heavy atom. The van der Waals surface area contributed by atoms with Gasteiger partial charge in [0, 0.05) is 18.2 Å². The average Bonchev–Trinajstić information content (AvgIpc) is 2.62. The Kier molecular flexibility index (Phi) is 16.2. The van der Waals surface area contributed by atoms with Crippen molar-refractivity contribution in [3.05, 3.63) is 0 Å². The second-order valence-electron chi connectivity index (χ2n) is 6.90. The fraction of sp³-hybridized carbons (Fsp3) is 0.900. The minimum absolute atomic E-state index is 0.102. The van der Waals surface area contributed by atoms with Crippen molar-refractivity contribution in [2.75, 3.05) is 14.2 Å². The van der Waals surface area contributed by atoms with Crippen LogP contribution in [0.4, 0.5) is 0 Å². The first-order chi connectivity index (χ1) is 12.0. The van der Waals surface area contributed by atoms with E-state index in [9.17, 15) is 9.59 Å². The lowest BCUT2D eigenvalue weighted by atomic mass is 9.96. The number of methoxy groups -OCH3 is 2. The molecule has 2 atom stereocenters. The molecule has 0 spiro atoms. The third-order valence-corrected chi connectivity index (χ3v) is 5.37. The summed E-state index contributed by atoms with van der Waals surface area (Å²) in [6.07, 6.45) is 13.4. The van der Waals surface area contributed by atoms with E-state index in [1.54, 1.807) is 0 Å². The van der Waals surface area contributed by atoms with Gasteiger partial charge in [0.05, 0.1) is 14.2 Å². The second-order valence-corrected chi connectivity index (χ2v) is 7.47. The lowest BCUT2D eigenvalue weighted by Crippen LogP contribution is -2.12. The Bertz CT molecular complexity index is 347. The molecule has 0 N–H and O–H groups in total. The van der Waals surface area contributed by atoms with E-state index in [-0.39, 0.29) is 17.3 Å². The van der Waals surface area contributed by atoms with Crippen LogP contribution in [0.3, 0.4) is 0 Å². The molecular formula is C20H37ClO4. The van der Waals surface area contributed by atoms with Crippen molar-refractivity contribution in [2.24, 2.45) is 5.92 Å². The monoisotopic (exact) mass is 376 g/mol. The Morgan fingerprint density at radius 3 is 1.68 bits per heavy atom. The van der Waals surface area contributed by atoms with Gasteiger partial charge in [-0.2, -0.15) is 0 Å². The maximum atomic E-state index is 11.1. The van der Waals surface area contributed by atoms with Crippen molar-refractivity contribution >= 4 is 23.5 Å². The Labute approximate surface area is 159 Å². The predicted octanol–water partition coefficient (Wildman–Crippen LogP) is 5.65. The third-order valence-electron chi connectivity index (χ3n) is 4.72. The van der Waals surface area contributed by atoms with Crippen molar-refractivity contribution in [2.45, 2.75) is 95.8 Å². The fourth-order valence-corrected chi connectivity index (χ4v) is 3.19. The number of hydrogen-bond acceptors (Lipinski definition) is 4. The topological polar surface area (TPSA) is 52.6 Å². The lowest BCUT2D eigenvalue weighted by Gasteiger charge is -2.17. The average molecular weight is 377 g/mol. The highest BCUT2D eigenvalue weighted by molar-refractivity contribution is 6.20. The molecule has 0 rings (SSSR count). The van der Waals surface area contributed by atoms with Crippen LogP contribution in [0.25, 0.3) is 0 Å². The molecule has 5 heteroatoms. The van der Waals surface area contributed by atoms with E-state index in [1.165, 1.54) is 52.7 Å². The van der Waals surface area contributed by atoms with Crippen LogP contribution < -0.4 is 0 Å². The number of carbonyl (C=O) groups excluding carboxylic acids is 2. The predicted molar refractivity (Wildman–Crippen MR) is 103 cm³/mol. The van der Waals surface area contributed by atoms with Crippen molar-refractivity contribution in [1.82, 2.24) is 0 Å². The minimum Gasteiger partial charge on any atom is -0.469 e. The van der Waals surface area contributed by atoms with Gasteiger partial charge in [0.15, 0.2) is 0 Å². The molecule has 0 amide bonds. The maximum Gasteiger partial charge on any atom is 0.305 e. The van der Waals surface area contributed by atoms with Crippen LogP contribution in [-0.2, 0) is 19.1 Å². The zero-order valence-corrected chi connectivity index (χ0v) is 17.1. The molecule has 4 nitrogen and oxygen atoms in total. The number of ether oxygens (including phenoxy) is 2. The van der Waals surface area contributed by atoms with Crippen LogP contribution in [0.2, 0.25) is 0 Å². The molecule has 148 valence electrons. The van der Waals surface area contributed by atoms with Crippen LogP contribution in [0.1, 0.15) is 90.4 Å². The van der Waals surface area contributed by atoms with E-state index in [0.717, 1.165) is 32.1 Å². The zero-order valence-electron chi connectivity index (χ0n) is 16.4. The number of unbranched alkanes of at least 4 members (excludes halogenated alkanes) is 7. The number of hydrogen-bond donors (Lipinski definition) is 0. The second kappa shape index (κ2) is 16.7. The zero-order chi connectivity index (χ0) is 18.9. The van der Waals surface area contributed by atoms with E-state index in [1.807, 2.05) is 0 Å². The minimum atomic E-state index is -0.136. The van der Waals surface area contributed by atoms with E-state index in [2.05, 4.69) is 16.4 Å². The third kappa shape index (κ3) is 15.2. The molecule has 0 aliphatic rings. The number of esters is 2. The van der Waals surface area contributed by atoms with E-state index >= 15 is 0 Å². The van der Waals surface area contributed by atoms with Crippen LogP contribution in [0.5, 0.6) is 0 Å². The highest BCUT2D eigenvalue weighted by Crippen LogP contribution is 2.23. The van der Waals surface area contributed by atoms with Gasteiger partial charge in [0.1, 0.15) is 0 Å². The van der Waals surface area contributed by atoms with Gasteiger partial charge >= 0.3 is 11.9 Å². The molecule has 0 saturated heterocycles. The first kappa shape index (κ1) is 24.2. The van der Waals surface area contributed by atoms with Crippen molar-refractivity contribution < 1.29 is 19.1 Å². The summed E-state index contributed by atoms with van der Waals surface area (Å²) in [6, 6.07) is 0. The van der Waals surface area contributed by atoms with Gasteiger partial charge in [-0.05, 0) is 31.6 Å². The maximum absolute atomic E-state index is 11.1. The number of carbonyl (C=O) groups is 2. The van der Waals surface area contributed by atoms with Crippen LogP contribution in [0, 0.1) is 5.92 Å². The molecule has 0 saturated carbocycles. The van der Waals surface area contributed by atoms with Gasteiger partial charge < -0.3 is 9.47 Å². The van der Waals surface area contributed by atoms with Crippen molar-refractivity contribution in [3.63, 3.8) is 0 Å². The van der Waals surface area contributed by atoms with Gasteiger partial charge in [-0.1, -0.05) is 51.9 Å². The summed E-state index contributed by atoms with van der Waals surface area (Å²) in [5.74, 6) is 0.208. The smallest absolute Gasteiger partial charge is 0.305 e. The number of alkyl halides is 1. The molecular weight excluding hydrogens is 340 g/mol. The highest BCUT2D eigenvalue weighted by atomic mass is 35.5. The summed E-state index contributed by atoms with van der Waals surface area (Å²) < 4.78 is 9.27. The van der Waals surface area contributed by atoms with E-state index in [4.69, 9.17) is 11.6 Å². The van der Waals surface area contributed by atoms with Crippen molar-refractivity contribution in [1.29, 1.82) is 0 Å². The molecule has 0 radical (unpaired) electrons. The number of halogens is 1. The summed E-state index contributed by atoms with van der Waals surface area (Å²) in [7, 11) is 2.87. The molecule has 0 aliphatic carbocycles. The Balaban J connectivity index is 3.40. The van der Waals surface area contributed by atoms with Crippen LogP contribution >= 0.6 is 11.6 Å². The SMILES string of the molecule is COC(=O)CCCCCCCCCCC(Cl)C(C)CCCC(=O)OC. The molecule has 0 aromatic carbocycles. The lowest BCUT2D eigenvalue weighted by molar-refractivity contribution is -0.141. The van der Waals surface area contributed by atoms with E-state index in [0.29, 0.717) is 18.8 Å². The van der Waals surface area contributed by atoms with Gasteiger partial charge in [-0.3, -0.25) is 9.59 Å². The number of rotatable bonds is 16. The summed E-state index contributed by atoms with van der Waals surface area (Å²) >= 11 is 6.46. The van der Waals surface area contributed by atoms with Gasteiger partial charge in [0.25, 0.3) is 0 Å². The fourth-order valence-electron chi connectivity index (χ4n) is 2.91. The van der Waals surface area contributed by atoms with Gasteiger partial charge in [0.2, 0.25) is 0 Å². The summed E-state index contributed by atoms with van der Waals surface area (Å²) in [5.41, 5.74) is 0. The van der Waals surface area contributed by atoms with Crippen LogP contribution in [0.15, 0.2) is 0 Å². The molecule has 0 aromatic heterocycles. The van der Waals surface area contributed by atoms with Gasteiger partial charge in [-0.25, -0.2) is 0 Å². The first-order valence-electron chi connectivity index (χ1n) is 9.79. The van der Waals surface area contributed by atoms with Gasteiger partial charge in [-0.15, -0.1) is 11.6 Å². The quantitative estimate of drug-likeness (QED) is 0.198. The highest BCUT2D eigenvalue weighted by Gasteiger charge is 2.14. The summed E-state index contributed by atoms with van der Waals surface area (Å²) in [4.78, 5) is 22.1. The molecule has 0 heterocycles. The molecule has 0 bridgehead atoms. The molecule has 2 unspecified atom stereocenters. The molecule has 25 heavy (non-hydrogen) atoms. The Hall–Kier alpha value is -0.770. The molecule has 0 aliphatic heterocycles. The molecule has 0 fully saturated rings.